The predicted molar refractivity (Wildman–Crippen MR) is 155 cm³/mol. The van der Waals surface area contributed by atoms with Crippen LogP contribution < -0.4 is 20.1 Å². The number of hydrogen-bond acceptors (Lipinski definition) is 10. The van der Waals surface area contributed by atoms with Gasteiger partial charge in [0.1, 0.15) is 11.9 Å². The first kappa shape index (κ1) is 25.3. The Balaban J connectivity index is 0.00000194. The van der Waals surface area contributed by atoms with Gasteiger partial charge in [0.25, 0.3) is 0 Å². The molecular weight excluding hydrogens is 516 g/mol. The summed E-state index contributed by atoms with van der Waals surface area (Å²) in [5.41, 5.74) is 2.54. The maximum Gasteiger partial charge on any atom is 0.229 e. The van der Waals surface area contributed by atoms with Crippen LogP contribution >= 0.6 is 0 Å². The monoisotopic (exact) mass is 550 g/mol. The normalized spacial score (nSPS) is 20.6. The van der Waals surface area contributed by atoms with Crippen LogP contribution in [0.3, 0.4) is 0 Å². The largest absolute Gasteiger partial charge is 0.493 e. The quantitative estimate of drug-likeness (QED) is 0.321. The first-order valence-corrected chi connectivity index (χ1v) is 14.8. The van der Waals surface area contributed by atoms with E-state index >= 15 is 0 Å². The van der Waals surface area contributed by atoms with E-state index in [1.165, 1.54) is 0 Å². The molecule has 1 aliphatic heterocycles. The molecule has 39 heavy (non-hydrogen) atoms. The van der Waals surface area contributed by atoms with Gasteiger partial charge in [-0.3, -0.25) is 9.88 Å². The van der Waals surface area contributed by atoms with E-state index in [-0.39, 0.29) is 20.5 Å². The van der Waals surface area contributed by atoms with Gasteiger partial charge in [-0.25, -0.2) is 13.4 Å². The van der Waals surface area contributed by atoms with Gasteiger partial charge < -0.3 is 20.1 Å². The topological polar surface area (TPSA) is 119 Å². The highest BCUT2D eigenvalue weighted by atomic mass is 32.2. The van der Waals surface area contributed by atoms with E-state index in [1.807, 2.05) is 48.5 Å². The summed E-state index contributed by atoms with van der Waals surface area (Å²) in [5, 5.41) is 7.56. The van der Waals surface area contributed by atoms with Crippen LogP contribution in [0.5, 0.6) is 11.5 Å². The number of nitrogens with one attached hydrogen (secondary N) is 2. The molecule has 2 aliphatic rings. The van der Waals surface area contributed by atoms with Gasteiger partial charge in [-0.05, 0) is 30.3 Å². The molecule has 0 unspecified atom stereocenters. The lowest BCUT2D eigenvalue weighted by atomic mass is 9.87. The number of ether oxygens (including phenoxy) is 2. The second-order valence-electron chi connectivity index (χ2n) is 9.85. The Morgan fingerprint density at radius 2 is 1.77 bits per heavy atom. The third kappa shape index (κ3) is 5.89. The number of aromatic nitrogens is 3. The fraction of sp³-hybridized carbons (Fsp3) is 0.321. The number of nitrogens with zero attached hydrogens (tertiary/aromatic N) is 4. The van der Waals surface area contributed by atoms with Crippen LogP contribution in [0.4, 0.5) is 23.1 Å². The molecular formula is C28H34N6O4S. The lowest BCUT2D eigenvalue weighted by Gasteiger charge is -2.44. The molecule has 2 aromatic carbocycles. The Hall–Kier alpha value is -3.96. The lowest BCUT2D eigenvalue weighted by molar-refractivity contribution is 0.0198. The molecule has 1 aliphatic carbocycles. The molecule has 206 valence electrons. The van der Waals surface area contributed by atoms with E-state index in [9.17, 15) is 8.42 Å². The van der Waals surface area contributed by atoms with E-state index < -0.39 is 9.84 Å². The minimum absolute atomic E-state index is 0. The van der Waals surface area contributed by atoms with Gasteiger partial charge in [-0.15, -0.1) is 0 Å². The molecule has 1 saturated carbocycles. The van der Waals surface area contributed by atoms with Gasteiger partial charge in [0.15, 0.2) is 21.3 Å². The van der Waals surface area contributed by atoms with Crippen LogP contribution in [0.1, 0.15) is 15.7 Å². The fourth-order valence-corrected chi connectivity index (χ4v) is 6.18. The van der Waals surface area contributed by atoms with Crippen molar-refractivity contribution < 1.29 is 20.7 Å². The van der Waals surface area contributed by atoms with Crippen molar-refractivity contribution in [2.24, 2.45) is 0 Å². The van der Waals surface area contributed by atoms with Gasteiger partial charge >= 0.3 is 0 Å². The van der Waals surface area contributed by atoms with Crippen molar-refractivity contribution in [3.8, 4) is 11.5 Å². The molecule has 10 nitrogen and oxygen atoms in total. The maximum absolute atomic E-state index is 11.7. The average Bonchev–Trinajstić information content (AvgIpc) is 2.91. The molecule has 11 heteroatoms. The summed E-state index contributed by atoms with van der Waals surface area (Å²) >= 11 is 0. The number of hydrogen-bond donors (Lipinski definition) is 2. The van der Waals surface area contributed by atoms with E-state index in [1.54, 1.807) is 25.6 Å². The predicted octanol–water partition coefficient (Wildman–Crippen LogP) is 4.65. The molecule has 2 fully saturated rings. The summed E-state index contributed by atoms with van der Waals surface area (Å²) in [4.78, 5) is 15.7. The highest BCUT2D eigenvalue weighted by molar-refractivity contribution is 7.91. The Labute approximate surface area is 230 Å². The molecule has 0 bridgehead atoms. The van der Waals surface area contributed by atoms with Crippen molar-refractivity contribution in [1.29, 1.82) is 0 Å². The van der Waals surface area contributed by atoms with Crippen LogP contribution in [0.15, 0.2) is 67.0 Å². The van der Waals surface area contributed by atoms with Crippen LogP contribution in [-0.4, -0.2) is 72.1 Å². The fourth-order valence-electron chi connectivity index (χ4n) is 4.95. The minimum atomic E-state index is -2.87. The summed E-state index contributed by atoms with van der Waals surface area (Å²) in [6.45, 7) is 1.22. The zero-order valence-electron chi connectivity index (χ0n) is 21.6. The Kier molecular flexibility index (Phi) is 6.92. The first-order valence-electron chi connectivity index (χ1n) is 13.0. The lowest BCUT2D eigenvalue weighted by Crippen LogP contribution is -2.54. The summed E-state index contributed by atoms with van der Waals surface area (Å²) < 4.78 is 35.2. The van der Waals surface area contributed by atoms with Crippen molar-refractivity contribution in [1.82, 2.24) is 19.9 Å². The Bertz CT molecular complexity index is 1590. The third-order valence-electron chi connectivity index (χ3n) is 7.20. The van der Waals surface area contributed by atoms with Gasteiger partial charge in [0.05, 0.1) is 36.0 Å². The molecule has 6 rings (SSSR count). The second kappa shape index (κ2) is 10.7. The number of methoxy groups -OCH3 is 1. The minimum Gasteiger partial charge on any atom is -0.493 e. The van der Waals surface area contributed by atoms with E-state index in [4.69, 9.17) is 9.47 Å². The number of rotatable bonds is 8. The Morgan fingerprint density at radius 1 is 0.949 bits per heavy atom. The number of para-hydroxylation sites is 1. The highest BCUT2D eigenvalue weighted by Gasteiger charge is 2.37. The summed E-state index contributed by atoms with van der Waals surface area (Å²) in [6, 6.07) is 17.8. The van der Waals surface area contributed by atoms with Crippen molar-refractivity contribution in [3.63, 3.8) is 0 Å². The van der Waals surface area contributed by atoms with Gasteiger partial charge in [-0.1, -0.05) is 18.2 Å². The van der Waals surface area contributed by atoms with E-state index in [0.29, 0.717) is 42.4 Å². The number of anilines is 4. The number of pyridine rings is 1. The molecule has 0 atom stereocenters. The molecule has 0 spiro atoms. The summed E-state index contributed by atoms with van der Waals surface area (Å²) in [6.07, 6.45) is 5.30. The number of fused-ring (bicyclic) bond motifs is 1. The van der Waals surface area contributed by atoms with Crippen molar-refractivity contribution in [3.05, 3.63) is 67.0 Å². The highest BCUT2D eigenvalue weighted by Crippen LogP contribution is 2.36. The molecule has 1 saturated heterocycles. The van der Waals surface area contributed by atoms with E-state index in [0.717, 1.165) is 35.1 Å². The number of sulfone groups is 1. The summed E-state index contributed by atoms with van der Waals surface area (Å²) in [5.74, 6) is 2.87. The standard InChI is InChI=1S/C28H30N6O4S.2H2/c1-37-26-15-20(6-7-25(26)38-23-16-22(17-23)34-10-12-39(35,36)13-11-34)32-28-29-9-8-27(33-28)31-21-14-19-4-2-3-5-24(19)30-18-21;;/h2-9,14-15,18,22-23H,10-13,16-17H2,1H3,(H2,29,31,32,33);2*1H. The molecule has 4 aromatic rings. The van der Waals surface area contributed by atoms with Crippen LogP contribution in [-0.2, 0) is 9.84 Å². The second-order valence-corrected chi connectivity index (χ2v) is 12.2. The SMILES string of the molecule is COc1cc(Nc2nccc(Nc3cnc4ccccc4c3)n2)ccc1OC1CC(N2CCS(=O)(=O)CC2)C1.[HH].[HH]. The van der Waals surface area contributed by atoms with Crippen molar-refractivity contribution in [2.75, 3.05) is 42.3 Å². The molecule has 2 aromatic heterocycles. The van der Waals surface area contributed by atoms with Crippen LogP contribution in [0, 0.1) is 0 Å². The first-order chi connectivity index (χ1) is 18.9. The van der Waals surface area contributed by atoms with Crippen molar-refractivity contribution in [2.45, 2.75) is 25.0 Å². The van der Waals surface area contributed by atoms with Crippen LogP contribution in [0.25, 0.3) is 10.9 Å². The molecule has 0 amide bonds. The smallest absolute Gasteiger partial charge is 0.229 e. The summed E-state index contributed by atoms with van der Waals surface area (Å²) in [7, 11) is -1.25. The van der Waals surface area contributed by atoms with Crippen LogP contribution in [0.2, 0.25) is 0 Å². The number of benzene rings is 2. The molecule has 2 N–H and O–H groups in total. The maximum atomic E-state index is 11.7. The zero-order valence-corrected chi connectivity index (χ0v) is 22.4. The van der Waals surface area contributed by atoms with E-state index in [2.05, 4.69) is 30.5 Å². The Morgan fingerprint density at radius 3 is 2.59 bits per heavy atom. The average molecular weight is 551 g/mol. The van der Waals surface area contributed by atoms with Gasteiger partial charge in [0.2, 0.25) is 5.95 Å². The van der Waals surface area contributed by atoms with Gasteiger partial charge in [0, 0.05) is 58.2 Å². The third-order valence-corrected chi connectivity index (χ3v) is 8.81. The molecule has 3 heterocycles. The van der Waals surface area contributed by atoms with Gasteiger partial charge in [-0.2, -0.15) is 4.98 Å². The zero-order chi connectivity index (χ0) is 26.8. The molecule has 0 radical (unpaired) electrons. The van der Waals surface area contributed by atoms with Crippen molar-refractivity contribution >= 4 is 43.9 Å².